The average molecular weight is 439 g/mol. The first-order valence-electron chi connectivity index (χ1n) is 10.0. The van der Waals surface area contributed by atoms with Gasteiger partial charge < -0.3 is 19.7 Å². The Hall–Kier alpha value is -3.11. The number of rotatable bonds is 7. The largest absolute Gasteiger partial charge is 0.466 e. The highest BCUT2D eigenvalue weighted by molar-refractivity contribution is 5.72. The van der Waals surface area contributed by atoms with Crippen molar-refractivity contribution in [2.75, 3.05) is 36.5 Å². The fourth-order valence-corrected chi connectivity index (χ4v) is 3.21. The molecule has 0 aliphatic carbocycles. The van der Waals surface area contributed by atoms with E-state index >= 15 is 0 Å². The summed E-state index contributed by atoms with van der Waals surface area (Å²) in [5.74, 6) is 0.0160. The van der Waals surface area contributed by atoms with Crippen molar-refractivity contribution >= 4 is 23.6 Å². The monoisotopic (exact) mass is 439 g/mol. The summed E-state index contributed by atoms with van der Waals surface area (Å²) in [6.07, 6.45) is -3.28. The van der Waals surface area contributed by atoms with Gasteiger partial charge in [-0.1, -0.05) is 6.07 Å². The Bertz CT molecular complexity index is 902. The minimum Gasteiger partial charge on any atom is -0.466 e. The van der Waals surface area contributed by atoms with E-state index in [-0.39, 0.29) is 29.5 Å². The number of hydrogen-bond acceptors (Lipinski definition) is 8. The molecule has 1 saturated heterocycles. The van der Waals surface area contributed by atoms with Gasteiger partial charge in [0.15, 0.2) is 0 Å². The first kappa shape index (κ1) is 22.6. The average Bonchev–Trinajstić information content (AvgIpc) is 2.74. The summed E-state index contributed by atoms with van der Waals surface area (Å²) < 4.78 is 49.4. The van der Waals surface area contributed by atoms with Crippen molar-refractivity contribution in [1.29, 1.82) is 0 Å². The molecule has 168 valence electrons. The van der Waals surface area contributed by atoms with E-state index < -0.39 is 11.7 Å². The Morgan fingerprint density at radius 2 is 1.90 bits per heavy atom. The number of alkyl halides is 3. The van der Waals surface area contributed by atoms with Gasteiger partial charge in [0, 0.05) is 18.8 Å². The van der Waals surface area contributed by atoms with Crippen LogP contribution < -0.4 is 15.0 Å². The zero-order valence-corrected chi connectivity index (χ0v) is 17.3. The van der Waals surface area contributed by atoms with Crippen LogP contribution in [-0.2, 0) is 15.7 Å². The fourth-order valence-electron chi connectivity index (χ4n) is 3.21. The first-order valence-corrected chi connectivity index (χ1v) is 10.0. The molecule has 1 aliphatic rings. The zero-order valence-electron chi connectivity index (χ0n) is 17.3. The predicted octanol–water partition coefficient (Wildman–Crippen LogP) is 3.81. The number of nitrogens with zero attached hydrogens (tertiary/aromatic N) is 4. The molecule has 2 heterocycles. The number of benzene rings is 1. The van der Waals surface area contributed by atoms with Gasteiger partial charge in [0.25, 0.3) is 0 Å². The molecule has 1 aromatic heterocycles. The summed E-state index contributed by atoms with van der Waals surface area (Å²) in [7, 11) is 0. The van der Waals surface area contributed by atoms with Crippen molar-refractivity contribution in [3.05, 3.63) is 29.8 Å². The summed E-state index contributed by atoms with van der Waals surface area (Å²) in [6, 6.07) is 4.83. The summed E-state index contributed by atoms with van der Waals surface area (Å²) in [5.41, 5.74) is -0.590. The summed E-state index contributed by atoms with van der Waals surface area (Å²) in [4.78, 5) is 26.6. The first-order chi connectivity index (χ1) is 14.8. The number of anilines is 3. The summed E-state index contributed by atoms with van der Waals surface area (Å²) in [6.45, 7) is 5.26. The van der Waals surface area contributed by atoms with Gasteiger partial charge in [0.05, 0.1) is 24.7 Å². The Morgan fingerprint density at radius 3 is 2.55 bits per heavy atom. The molecule has 2 aromatic rings. The molecular weight excluding hydrogens is 415 g/mol. The summed E-state index contributed by atoms with van der Waals surface area (Å²) >= 11 is 0. The number of carbonyl (C=O) groups excluding carboxylic acids is 1. The minimum atomic E-state index is -4.46. The summed E-state index contributed by atoms with van der Waals surface area (Å²) in [5, 5.41) is 2.80. The molecule has 0 spiro atoms. The third-order valence-electron chi connectivity index (χ3n) is 4.72. The second-order valence-corrected chi connectivity index (χ2v) is 6.89. The van der Waals surface area contributed by atoms with Gasteiger partial charge in [-0.3, -0.25) is 4.79 Å². The van der Waals surface area contributed by atoms with E-state index in [0.717, 1.165) is 12.1 Å². The van der Waals surface area contributed by atoms with Crippen LogP contribution in [0.4, 0.5) is 30.8 Å². The van der Waals surface area contributed by atoms with E-state index in [9.17, 15) is 18.0 Å². The molecule has 1 N–H and O–H groups in total. The molecule has 1 aromatic carbocycles. The molecule has 0 radical (unpaired) electrons. The van der Waals surface area contributed by atoms with E-state index in [1.165, 1.54) is 12.1 Å². The van der Waals surface area contributed by atoms with Crippen LogP contribution in [0.5, 0.6) is 6.01 Å². The molecule has 0 atom stereocenters. The van der Waals surface area contributed by atoms with Gasteiger partial charge in [-0.2, -0.15) is 28.1 Å². The van der Waals surface area contributed by atoms with Crippen LogP contribution in [0.15, 0.2) is 24.3 Å². The van der Waals surface area contributed by atoms with Crippen LogP contribution in [0, 0.1) is 5.92 Å². The maximum absolute atomic E-state index is 13.0. The molecule has 3 rings (SSSR count). The van der Waals surface area contributed by atoms with Gasteiger partial charge in [0.2, 0.25) is 11.9 Å². The number of halogens is 3. The highest BCUT2D eigenvalue weighted by atomic mass is 19.4. The van der Waals surface area contributed by atoms with Crippen LogP contribution in [0.1, 0.15) is 32.3 Å². The quantitative estimate of drug-likeness (QED) is 0.652. The van der Waals surface area contributed by atoms with E-state index in [1.807, 2.05) is 4.90 Å². The van der Waals surface area contributed by atoms with E-state index in [4.69, 9.17) is 9.47 Å². The van der Waals surface area contributed by atoms with Crippen molar-refractivity contribution in [3.8, 4) is 6.01 Å². The molecule has 31 heavy (non-hydrogen) atoms. The Kier molecular flexibility index (Phi) is 7.13. The lowest BCUT2D eigenvalue weighted by Gasteiger charge is -2.31. The van der Waals surface area contributed by atoms with Gasteiger partial charge in [-0.25, -0.2) is 0 Å². The number of esters is 1. The maximum atomic E-state index is 13.0. The molecule has 11 heteroatoms. The molecule has 1 aliphatic heterocycles. The van der Waals surface area contributed by atoms with Crippen LogP contribution in [0.3, 0.4) is 0 Å². The lowest BCUT2D eigenvalue weighted by molar-refractivity contribution is -0.148. The van der Waals surface area contributed by atoms with E-state index in [1.54, 1.807) is 13.8 Å². The van der Waals surface area contributed by atoms with Gasteiger partial charge >= 0.3 is 18.2 Å². The van der Waals surface area contributed by atoms with Gasteiger partial charge in [-0.05, 0) is 44.9 Å². The lowest BCUT2D eigenvalue weighted by atomic mass is 9.97. The molecule has 0 bridgehead atoms. The molecule has 0 amide bonds. The van der Waals surface area contributed by atoms with Crippen LogP contribution in [0.2, 0.25) is 0 Å². The Labute approximate surface area is 177 Å². The Morgan fingerprint density at radius 1 is 1.16 bits per heavy atom. The molecule has 0 unspecified atom stereocenters. The number of carbonyl (C=O) groups is 1. The van der Waals surface area contributed by atoms with Crippen molar-refractivity contribution in [2.45, 2.75) is 32.9 Å². The number of piperidine rings is 1. The minimum absolute atomic E-state index is 0.0643. The number of hydrogen-bond donors (Lipinski definition) is 1. The van der Waals surface area contributed by atoms with Gasteiger partial charge in [0.1, 0.15) is 0 Å². The zero-order chi connectivity index (χ0) is 22.4. The Balaban J connectivity index is 1.78. The fraction of sp³-hybridized carbons (Fsp3) is 0.500. The van der Waals surface area contributed by atoms with Crippen LogP contribution in [0.25, 0.3) is 0 Å². The standard InChI is InChI=1S/C20H24F3N5O3/c1-3-30-16(29)13-8-10-28(11-9-13)18-25-17(26-19(27-18)31-4-2)24-15-7-5-6-14(12-15)20(21,22)23/h5-7,12-13H,3-4,8-11H2,1-2H3,(H,24,25,26,27). The van der Waals surface area contributed by atoms with E-state index in [0.29, 0.717) is 45.1 Å². The smallest absolute Gasteiger partial charge is 0.416 e. The normalized spacial score (nSPS) is 14.9. The lowest BCUT2D eigenvalue weighted by Crippen LogP contribution is -2.38. The second-order valence-electron chi connectivity index (χ2n) is 6.89. The van der Waals surface area contributed by atoms with Gasteiger partial charge in [-0.15, -0.1) is 0 Å². The highest BCUT2D eigenvalue weighted by Crippen LogP contribution is 2.31. The number of nitrogens with one attached hydrogen (secondary N) is 1. The van der Waals surface area contributed by atoms with Crippen molar-refractivity contribution in [1.82, 2.24) is 15.0 Å². The molecule has 1 fully saturated rings. The third-order valence-corrected chi connectivity index (χ3v) is 4.72. The van der Waals surface area contributed by atoms with Crippen molar-refractivity contribution < 1.29 is 27.4 Å². The molecule has 0 saturated carbocycles. The van der Waals surface area contributed by atoms with Crippen molar-refractivity contribution in [2.24, 2.45) is 5.92 Å². The van der Waals surface area contributed by atoms with Crippen molar-refractivity contribution in [3.63, 3.8) is 0 Å². The van der Waals surface area contributed by atoms with Crippen LogP contribution in [-0.4, -0.2) is 47.2 Å². The predicted molar refractivity (Wildman–Crippen MR) is 107 cm³/mol. The maximum Gasteiger partial charge on any atom is 0.416 e. The second kappa shape index (κ2) is 9.80. The third kappa shape index (κ3) is 5.96. The van der Waals surface area contributed by atoms with E-state index in [2.05, 4.69) is 20.3 Å². The molecule has 8 nitrogen and oxygen atoms in total. The number of ether oxygens (including phenoxy) is 2. The number of aromatic nitrogens is 3. The topological polar surface area (TPSA) is 89.5 Å². The van der Waals surface area contributed by atoms with Crippen LogP contribution >= 0.6 is 0 Å². The SMILES string of the molecule is CCOC(=O)C1CCN(c2nc(Nc3cccc(C(F)(F)F)c3)nc(OCC)n2)CC1. The molecular formula is C20H24F3N5O3. The highest BCUT2D eigenvalue weighted by Gasteiger charge is 2.31.